The molecule has 1 amide bonds. The normalized spacial score (nSPS) is 12.3. The fourth-order valence-electron chi connectivity index (χ4n) is 2.31. The maximum Gasteiger partial charge on any atom is 0.271 e. The van der Waals surface area contributed by atoms with Gasteiger partial charge in [-0.25, -0.2) is 8.42 Å². The van der Waals surface area contributed by atoms with Crippen LogP contribution in [0.5, 0.6) is 5.75 Å². The molecule has 2 aromatic carbocycles. The predicted molar refractivity (Wildman–Crippen MR) is 104 cm³/mol. The number of methoxy groups -OCH3 is 1. The van der Waals surface area contributed by atoms with Crippen molar-refractivity contribution in [3.63, 3.8) is 0 Å². The largest absolute Gasteiger partial charge is 0.495 e. The van der Waals surface area contributed by atoms with Gasteiger partial charge in [-0.15, -0.1) is 0 Å². The summed E-state index contributed by atoms with van der Waals surface area (Å²) in [7, 11) is -2.81. The second kappa shape index (κ2) is 8.55. The fraction of sp³-hybridized carbons (Fsp3) is 0.235. The number of non-ortho nitro benzene ring substituents is 1. The number of amides is 1. The maximum atomic E-state index is 12.6. The van der Waals surface area contributed by atoms with Crippen molar-refractivity contribution in [1.82, 2.24) is 4.72 Å². The first-order valence-electron chi connectivity index (χ1n) is 7.97. The molecule has 0 radical (unpaired) electrons. The highest BCUT2D eigenvalue weighted by atomic mass is 35.5. The number of anilines is 1. The van der Waals surface area contributed by atoms with E-state index in [2.05, 4.69) is 10.0 Å². The Labute approximate surface area is 166 Å². The van der Waals surface area contributed by atoms with Crippen molar-refractivity contribution in [3.05, 3.63) is 57.1 Å². The quantitative estimate of drug-likeness (QED) is 0.516. The molecule has 0 heterocycles. The van der Waals surface area contributed by atoms with E-state index in [1.165, 1.54) is 50.4 Å². The maximum absolute atomic E-state index is 12.6. The average molecular weight is 428 g/mol. The van der Waals surface area contributed by atoms with E-state index in [0.717, 1.165) is 0 Å². The topological polar surface area (TPSA) is 128 Å². The van der Waals surface area contributed by atoms with Gasteiger partial charge in [-0.3, -0.25) is 14.9 Å². The number of nitrogens with zero attached hydrogens (tertiary/aromatic N) is 1. The van der Waals surface area contributed by atoms with Gasteiger partial charge >= 0.3 is 0 Å². The Morgan fingerprint density at radius 2 is 1.93 bits per heavy atom. The van der Waals surface area contributed by atoms with E-state index in [9.17, 15) is 23.3 Å². The summed E-state index contributed by atoms with van der Waals surface area (Å²) in [5.74, 6) is -0.618. The van der Waals surface area contributed by atoms with E-state index in [1.807, 2.05) is 0 Å². The molecule has 0 bridgehead atoms. The van der Waals surface area contributed by atoms with Crippen molar-refractivity contribution in [2.24, 2.45) is 0 Å². The molecule has 0 spiro atoms. The van der Waals surface area contributed by atoms with Crippen LogP contribution in [-0.2, 0) is 14.8 Å². The number of rotatable bonds is 7. The van der Waals surface area contributed by atoms with E-state index in [4.69, 9.17) is 16.3 Å². The molecule has 0 unspecified atom stereocenters. The van der Waals surface area contributed by atoms with Crippen molar-refractivity contribution >= 4 is 38.9 Å². The number of nitrogens with one attached hydrogen (secondary N) is 2. The van der Waals surface area contributed by atoms with E-state index < -0.39 is 26.9 Å². The molecule has 150 valence electrons. The summed E-state index contributed by atoms with van der Waals surface area (Å²) in [5.41, 5.74) is 0.605. The van der Waals surface area contributed by atoms with Gasteiger partial charge in [-0.05, 0) is 37.6 Å². The van der Waals surface area contributed by atoms with Gasteiger partial charge in [0.05, 0.1) is 23.8 Å². The lowest BCUT2D eigenvalue weighted by Crippen LogP contribution is -2.41. The Morgan fingerprint density at radius 1 is 1.25 bits per heavy atom. The van der Waals surface area contributed by atoms with E-state index in [0.29, 0.717) is 5.56 Å². The molecule has 0 aliphatic carbocycles. The minimum absolute atomic E-state index is 0.0686. The number of halogens is 1. The smallest absolute Gasteiger partial charge is 0.271 e. The number of carbonyl (C=O) groups excluding carboxylic acids is 1. The SMILES string of the molecule is COc1ccc(Cl)cc1S(=O)(=O)N[C@H](C)C(=O)Nc1cc([N+](=O)[O-])ccc1C. The highest BCUT2D eigenvalue weighted by Gasteiger charge is 2.26. The molecular formula is C17H18ClN3O6S. The minimum Gasteiger partial charge on any atom is -0.495 e. The number of carbonyl (C=O) groups is 1. The zero-order valence-electron chi connectivity index (χ0n) is 15.2. The second-order valence-electron chi connectivity index (χ2n) is 5.88. The highest BCUT2D eigenvalue weighted by Crippen LogP contribution is 2.27. The molecule has 0 aromatic heterocycles. The lowest BCUT2D eigenvalue weighted by molar-refractivity contribution is -0.384. The first kappa shape index (κ1) is 21.6. The molecule has 2 rings (SSSR count). The van der Waals surface area contributed by atoms with Crippen LogP contribution >= 0.6 is 11.6 Å². The molecule has 9 nitrogen and oxygen atoms in total. The molecule has 0 saturated heterocycles. The van der Waals surface area contributed by atoms with Crippen LogP contribution in [0.2, 0.25) is 5.02 Å². The Balaban J connectivity index is 2.22. The molecule has 1 atom stereocenters. The van der Waals surface area contributed by atoms with Gasteiger partial charge < -0.3 is 10.1 Å². The summed E-state index contributed by atoms with van der Waals surface area (Å²) < 4.78 is 32.5. The third kappa shape index (κ3) is 4.97. The van der Waals surface area contributed by atoms with Gasteiger partial charge in [0.1, 0.15) is 10.6 Å². The second-order valence-corrected chi connectivity index (χ2v) is 8.00. The van der Waals surface area contributed by atoms with Crippen LogP contribution in [0.15, 0.2) is 41.3 Å². The predicted octanol–water partition coefficient (Wildman–Crippen LogP) is 2.87. The van der Waals surface area contributed by atoms with Crippen molar-refractivity contribution < 1.29 is 22.9 Å². The summed E-state index contributed by atoms with van der Waals surface area (Å²) in [6, 6.07) is 6.90. The molecule has 0 saturated carbocycles. The molecule has 28 heavy (non-hydrogen) atoms. The van der Waals surface area contributed by atoms with Crippen LogP contribution in [0.25, 0.3) is 0 Å². The zero-order valence-corrected chi connectivity index (χ0v) is 16.8. The number of nitro benzene ring substituents is 1. The van der Waals surface area contributed by atoms with Gasteiger partial charge in [-0.1, -0.05) is 17.7 Å². The number of nitro groups is 1. The third-order valence-electron chi connectivity index (χ3n) is 3.83. The van der Waals surface area contributed by atoms with Crippen LogP contribution < -0.4 is 14.8 Å². The summed E-state index contributed by atoms with van der Waals surface area (Å²) in [5, 5.41) is 13.6. The average Bonchev–Trinajstić information content (AvgIpc) is 2.62. The molecular weight excluding hydrogens is 410 g/mol. The van der Waals surface area contributed by atoms with Gasteiger partial charge in [0.15, 0.2) is 0 Å². The number of hydrogen-bond donors (Lipinski definition) is 2. The van der Waals surface area contributed by atoms with E-state index in [-0.39, 0.29) is 27.0 Å². The molecule has 11 heteroatoms. The fourth-order valence-corrected chi connectivity index (χ4v) is 3.94. The lowest BCUT2D eigenvalue weighted by atomic mass is 10.1. The summed E-state index contributed by atoms with van der Waals surface area (Å²) >= 11 is 5.86. The van der Waals surface area contributed by atoms with Gasteiger partial charge in [0.2, 0.25) is 15.9 Å². The van der Waals surface area contributed by atoms with Crippen LogP contribution in [0.4, 0.5) is 11.4 Å². The summed E-state index contributed by atoms with van der Waals surface area (Å²) in [6.07, 6.45) is 0. The van der Waals surface area contributed by atoms with Crippen molar-refractivity contribution in [3.8, 4) is 5.75 Å². The van der Waals surface area contributed by atoms with Gasteiger partial charge in [0.25, 0.3) is 5.69 Å². The first-order chi connectivity index (χ1) is 13.0. The Hall–Kier alpha value is -2.69. The summed E-state index contributed by atoms with van der Waals surface area (Å²) in [4.78, 5) is 22.5. The minimum atomic E-state index is -4.12. The zero-order chi connectivity index (χ0) is 21.1. The lowest BCUT2D eigenvalue weighted by Gasteiger charge is -2.17. The Bertz CT molecular complexity index is 1030. The molecule has 2 N–H and O–H groups in total. The van der Waals surface area contributed by atoms with Crippen LogP contribution in [0, 0.1) is 17.0 Å². The Kier molecular flexibility index (Phi) is 6.60. The standard InChI is InChI=1S/C17H18ClN3O6S/c1-10-4-6-13(21(23)24)9-14(10)19-17(22)11(2)20-28(25,26)16-8-12(18)5-7-15(16)27-3/h4-9,11,20H,1-3H3,(H,19,22)/t11-/m1/s1. The summed E-state index contributed by atoms with van der Waals surface area (Å²) in [6.45, 7) is 3.00. The third-order valence-corrected chi connectivity index (χ3v) is 5.63. The number of ether oxygens (including phenoxy) is 1. The number of hydrogen-bond acceptors (Lipinski definition) is 6. The number of aryl methyl sites for hydroxylation is 1. The molecule has 0 aliphatic rings. The van der Waals surface area contributed by atoms with Gasteiger partial charge in [0, 0.05) is 17.2 Å². The van der Waals surface area contributed by atoms with Gasteiger partial charge in [-0.2, -0.15) is 4.72 Å². The number of benzene rings is 2. The van der Waals surface area contributed by atoms with Crippen molar-refractivity contribution in [2.45, 2.75) is 24.8 Å². The van der Waals surface area contributed by atoms with Crippen molar-refractivity contribution in [1.29, 1.82) is 0 Å². The van der Waals surface area contributed by atoms with Crippen molar-refractivity contribution in [2.75, 3.05) is 12.4 Å². The molecule has 2 aromatic rings. The molecule has 0 fully saturated rings. The Morgan fingerprint density at radius 3 is 2.54 bits per heavy atom. The monoisotopic (exact) mass is 427 g/mol. The first-order valence-corrected chi connectivity index (χ1v) is 9.83. The van der Waals surface area contributed by atoms with Crippen LogP contribution in [-0.4, -0.2) is 32.4 Å². The van der Waals surface area contributed by atoms with Crippen LogP contribution in [0.3, 0.4) is 0 Å². The van der Waals surface area contributed by atoms with Crippen LogP contribution in [0.1, 0.15) is 12.5 Å². The number of sulfonamides is 1. The van der Waals surface area contributed by atoms with E-state index in [1.54, 1.807) is 6.92 Å². The highest BCUT2D eigenvalue weighted by molar-refractivity contribution is 7.89. The van der Waals surface area contributed by atoms with E-state index >= 15 is 0 Å². The molecule has 0 aliphatic heterocycles.